The quantitative estimate of drug-likeness (QED) is 0.865. The maximum atomic E-state index is 5.51. The molecular weight excluding hydrogens is 288 g/mol. The Morgan fingerprint density at radius 1 is 1.06 bits per heavy atom. The van der Waals surface area contributed by atoms with Crippen LogP contribution in [0.25, 0.3) is 12.2 Å². The molecule has 0 amide bonds. The van der Waals surface area contributed by atoms with Gasteiger partial charge in [-0.2, -0.15) is 0 Å². The number of hydrogen-bond donors (Lipinski definition) is 1. The molecule has 0 atom stereocenters. The summed E-state index contributed by atoms with van der Waals surface area (Å²) in [4.78, 5) is 0. The van der Waals surface area contributed by atoms with Crippen molar-refractivity contribution in [2.45, 2.75) is 6.54 Å². The summed E-state index contributed by atoms with van der Waals surface area (Å²) >= 11 is 3.53. The first-order valence-electron chi connectivity index (χ1n) is 5.91. The first kappa shape index (κ1) is 13.0. The van der Waals surface area contributed by atoms with Crippen molar-refractivity contribution in [3.8, 4) is 0 Å². The Balaban J connectivity index is 2.12. The lowest BCUT2D eigenvalue weighted by Crippen LogP contribution is -2.36. The molecular formula is C15H16BrN2+. The fourth-order valence-corrected chi connectivity index (χ4v) is 2.09. The molecule has 1 aromatic heterocycles. The van der Waals surface area contributed by atoms with Crippen LogP contribution in [0.15, 0.2) is 53.3 Å². The van der Waals surface area contributed by atoms with Gasteiger partial charge in [0.25, 0.3) is 0 Å². The van der Waals surface area contributed by atoms with E-state index in [0.29, 0.717) is 6.54 Å². The van der Waals surface area contributed by atoms with Crippen molar-refractivity contribution in [1.82, 2.24) is 0 Å². The van der Waals surface area contributed by atoms with Crippen LogP contribution < -0.4 is 10.3 Å². The highest BCUT2D eigenvalue weighted by Crippen LogP contribution is 2.18. The largest absolute Gasteiger partial charge is 0.325 e. The van der Waals surface area contributed by atoms with Crippen LogP contribution in [0.2, 0.25) is 0 Å². The highest BCUT2D eigenvalue weighted by atomic mass is 79.9. The van der Waals surface area contributed by atoms with Crippen LogP contribution in [0.3, 0.4) is 0 Å². The molecule has 0 aliphatic heterocycles. The zero-order valence-corrected chi connectivity index (χ0v) is 11.7. The van der Waals surface area contributed by atoms with Crippen LogP contribution in [0.1, 0.15) is 11.1 Å². The molecule has 2 N–H and O–H groups in total. The van der Waals surface area contributed by atoms with Gasteiger partial charge in [-0.15, -0.1) is 0 Å². The zero-order valence-electron chi connectivity index (χ0n) is 10.1. The number of benzene rings is 1. The van der Waals surface area contributed by atoms with Gasteiger partial charge in [-0.25, -0.2) is 4.57 Å². The summed E-state index contributed by atoms with van der Waals surface area (Å²) in [6.07, 6.45) is 8.30. The standard InChI is InChI=1S/C15H16BrN2/c16-15-4-2-1-3-14(15)6-5-13-7-10-18(11-8-13)12-9-17/h1-8,10-11H,9,12,17H2/q+1/b6-5+. The van der Waals surface area contributed by atoms with E-state index >= 15 is 0 Å². The average molecular weight is 304 g/mol. The highest BCUT2D eigenvalue weighted by Gasteiger charge is 1.97. The number of rotatable bonds is 4. The van der Waals surface area contributed by atoms with E-state index < -0.39 is 0 Å². The topological polar surface area (TPSA) is 29.9 Å². The summed E-state index contributed by atoms with van der Waals surface area (Å²) in [7, 11) is 0. The van der Waals surface area contributed by atoms with Crippen LogP contribution in [0.5, 0.6) is 0 Å². The SMILES string of the molecule is NCC[n+]1ccc(/C=C/c2ccccc2Br)cc1. The normalized spacial score (nSPS) is 11.0. The molecule has 0 saturated heterocycles. The fraction of sp³-hybridized carbons (Fsp3) is 0.133. The molecule has 1 aromatic carbocycles. The predicted octanol–water partition coefficient (Wildman–Crippen LogP) is 2.87. The van der Waals surface area contributed by atoms with Gasteiger partial charge in [0, 0.05) is 16.6 Å². The number of aromatic nitrogens is 1. The Hall–Kier alpha value is -1.45. The van der Waals surface area contributed by atoms with E-state index in [1.165, 1.54) is 11.1 Å². The molecule has 92 valence electrons. The third kappa shape index (κ3) is 3.52. The van der Waals surface area contributed by atoms with Gasteiger partial charge in [-0.05, 0) is 17.2 Å². The van der Waals surface area contributed by atoms with Gasteiger partial charge in [-0.1, -0.05) is 46.3 Å². The van der Waals surface area contributed by atoms with Crippen LogP contribution in [0.4, 0.5) is 0 Å². The van der Waals surface area contributed by atoms with Gasteiger partial charge < -0.3 is 5.73 Å². The predicted molar refractivity (Wildman–Crippen MR) is 78.8 cm³/mol. The summed E-state index contributed by atoms with van der Waals surface area (Å²) in [5.41, 5.74) is 7.87. The lowest BCUT2D eigenvalue weighted by atomic mass is 10.1. The Labute approximate surface area is 116 Å². The Morgan fingerprint density at radius 2 is 1.78 bits per heavy atom. The molecule has 1 heterocycles. The van der Waals surface area contributed by atoms with E-state index in [9.17, 15) is 0 Å². The summed E-state index contributed by atoms with van der Waals surface area (Å²) in [5, 5.41) is 0. The van der Waals surface area contributed by atoms with Crippen LogP contribution >= 0.6 is 15.9 Å². The first-order valence-corrected chi connectivity index (χ1v) is 6.70. The Kier molecular flexibility index (Phi) is 4.67. The highest BCUT2D eigenvalue weighted by molar-refractivity contribution is 9.10. The van der Waals surface area contributed by atoms with Crippen LogP contribution in [-0.2, 0) is 6.54 Å². The molecule has 0 aliphatic carbocycles. The second kappa shape index (κ2) is 6.47. The van der Waals surface area contributed by atoms with E-state index in [0.717, 1.165) is 11.0 Å². The number of pyridine rings is 1. The minimum absolute atomic E-state index is 0.664. The van der Waals surface area contributed by atoms with Crippen molar-refractivity contribution >= 4 is 28.1 Å². The molecule has 0 unspecified atom stereocenters. The van der Waals surface area contributed by atoms with Crippen molar-refractivity contribution in [1.29, 1.82) is 0 Å². The maximum Gasteiger partial charge on any atom is 0.169 e. The number of halogens is 1. The summed E-state index contributed by atoms with van der Waals surface area (Å²) in [5.74, 6) is 0. The van der Waals surface area contributed by atoms with Crippen molar-refractivity contribution in [3.63, 3.8) is 0 Å². The van der Waals surface area contributed by atoms with E-state index in [1.54, 1.807) is 0 Å². The molecule has 2 rings (SSSR count). The third-order valence-corrected chi connectivity index (χ3v) is 3.39. The van der Waals surface area contributed by atoms with E-state index in [4.69, 9.17) is 5.73 Å². The minimum atomic E-state index is 0.664. The summed E-state index contributed by atoms with van der Waals surface area (Å²) in [6, 6.07) is 12.3. The molecule has 0 fully saturated rings. The second-order valence-electron chi connectivity index (χ2n) is 4.01. The van der Waals surface area contributed by atoms with Crippen molar-refractivity contribution in [2.75, 3.05) is 6.54 Å². The van der Waals surface area contributed by atoms with Crippen LogP contribution in [0, 0.1) is 0 Å². The van der Waals surface area contributed by atoms with Gasteiger partial charge in [0.05, 0.1) is 6.54 Å². The minimum Gasteiger partial charge on any atom is -0.325 e. The number of nitrogens with two attached hydrogens (primary N) is 1. The zero-order chi connectivity index (χ0) is 12.8. The summed E-state index contributed by atoms with van der Waals surface area (Å²) < 4.78 is 3.19. The number of hydrogen-bond acceptors (Lipinski definition) is 1. The third-order valence-electron chi connectivity index (χ3n) is 2.66. The monoisotopic (exact) mass is 303 g/mol. The van der Waals surface area contributed by atoms with E-state index in [-0.39, 0.29) is 0 Å². The second-order valence-corrected chi connectivity index (χ2v) is 4.87. The fourth-order valence-electron chi connectivity index (χ4n) is 1.67. The van der Waals surface area contributed by atoms with Crippen molar-refractivity contribution < 1.29 is 4.57 Å². The van der Waals surface area contributed by atoms with Gasteiger partial charge in [0.2, 0.25) is 0 Å². The molecule has 0 saturated carbocycles. The van der Waals surface area contributed by atoms with Crippen LogP contribution in [-0.4, -0.2) is 6.54 Å². The Morgan fingerprint density at radius 3 is 2.44 bits per heavy atom. The molecule has 0 aliphatic rings. The molecule has 18 heavy (non-hydrogen) atoms. The molecule has 0 radical (unpaired) electrons. The smallest absolute Gasteiger partial charge is 0.169 e. The molecule has 3 heteroatoms. The molecule has 0 bridgehead atoms. The first-order chi connectivity index (χ1) is 8.79. The van der Waals surface area contributed by atoms with Gasteiger partial charge in [0.1, 0.15) is 0 Å². The Bertz CT molecular complexity index is 532. The lowest BCUT2D eigenvalue weighted by molar-refractivity contribution is -0.694. The van der Waals surface area contributed by atoms with Crippen molar-refractivity contribution in [2.24, 2.45) is 5.73 Å². The molecule has 2 aromatic rings. The average Bonchev–Trinajstić information content (AvgIpc) is 2.40. The lowest BCUT2D eigenvalue weighted by Gasteiger charge is -1.97. The van der Waals surface area contributed by atoms with Gasteiger partial charge >= 0.3 is 0 Å². The number of nitrogens with zero attached hydrogens (tertiary/aromatic N) is 1. The van der Waals surface area contributed by atoms with Crippen molar-refractivity contribution in [3.05, 3.63) is 64.4 Å². The van der Waals surface area contributed by atoms with E-state index in [1.807, 2.05) is 30.6 Å². The molecule has 2 nitrogen and oxygen atoms in total. The maximum absolute atomic E-state index is 5.51. The van der Waals surface area contributed by atoms with Gasteiger partial charge in [-0.3, -0.25) is 0 Å². The van der Waals surface area contributed by atoms with E-state index in [2.05, 4.69) is 50.8 Å². The summed E-state index contributed by atoms with van der Waals surface area (Å²) in [6.45, 7) is 1.52. The molecule has 0 spiro atoms. The van der Waals surface area contributed by atoms with Gasteiger partial charge in [0.15, 0.2) is 18.9 Å².